The molecule has 0 aliphatic carbocycles. The van der Waals surface area contributed by atoms with Crippen LogP contribution in [0.4, 0.5) is 5.69 Å². The number of carbonyl (C=O) groups excluding carboxylic acids is 2. The highest BCUT2D eigenvalue weighted by Gasteiger charge is 2.36. The minimum Gasteiger partial charge on any atom is -0.350 e. The third-order valence-electron chi connectivity index (χ3n) is 7.77. The SMILES string of the molecule is Cc1ccc(S(=O)(=O)N(CC(=O)N(Cc2ccccc2C)[C@H](Cc2ccccc2)C(=O)NC(C)(C)C)c2cccc(Cl)c2C)cc1. The minimum absolute atomic E-state index is 0.0436. The van der Waals surface area contributed by atoms with Crippen LogP contribution in [-0.2, 0) is 32.6 Å². The number of nitrogens with zero attached hydrogens (tertiary/aromatic N) is 2. The second kappa shape index (κ2) is 14.5. The van der Waals surface area contributed by atoms with Gasteiger partial charge in [-0.15, -0.1) is 0 Å². The Balaban J connectivity index is 1.86. The van der Waals surface area contributed by atoms with Crippen LogP contribution in [0.5, 0.6) is 0 Å². The lowest BCUT2D eigenvalue weighted by Gasteiger charge is -2.36. The van der Waals surface area contributed by atoms with Gasteiger partial charge >= 0.3 is 0 Å². The molecule has 242 valence electrons. The smallest absolute Gasteiger partial charge is 0.264 e. The van der Waals surface area contributed by atoms with Crippen molar-refractivity contribution in [2.75, 3.05) is 10.8 Å². The Morgan fingerprint density at radius 3 is 2.09 bits per heavy atom. The molecule has 1 N–H and O–H groups in total. The Morgan fingerprint density at radius 2 is 1.46 bits per heavy atom. The minimum atomic E-state index is -4.23. The van der Waals surface area contributed by atoms with Gasteiger partial charge in [-0.2, -0.15) is 0 Å². The Labute approximate surface area is 278 Å². The molecule has 0 aliphatic rings. The van der Waals surface area contributed by atoms with Crippen molar-refractivity contribution < 1.29 is 18.0 Å². The summed E-state index contributed by atoms with van der Waals surface area (Å²) >= 11 is 6.47. The summed E-state index contributed by atoms with van der Waals surface area (Å²) in [7, 11) is -4.23. The highest BCUT2D eigenvalue weighted by Crippen LogP contribution is 2.31. The molecule has 0 unspecified atom stereocenters. The highest BCUT2D eigenvalue weighted by atomic mass is 35.5. The van der Waals surface area contributed by atoms with E-state index in [4.69, 9.17) is 11.6 Å². The number of anilines is 1. The van der Waals surface area contributed by atoms with Crippen LogP contribution in [-0.4, -0.2) is 43.3 Å². The van der Waals surface area contributed by atoms with Gasteiger partial charge in [-0.05, 0) is 88.1 Å². The molecule has 0 bridgehead atoms. The van der Waals surface area contributed by atoms with Crippen LogP contribution in [0.25, 0.3) is 0 Å². The lowest BCUT2D eigenvalue weighted by Crippen LogP contribution is -2.56. The number of rotatable bonds is 11. The monoisotopic (exact) mass is 659 g/mol. The van der Waals surface area contributed by atoms with E-state index in [9.17, 15) is 18.0 Å². The first-order chi connectivity index (χ1) is 21.7. The van der Waals surface area contributed by atoms with E-state index in [1.807, 2.05) is 89.2 Å². The molecule has 1 atom stereocenters. The van der Waals surface area contributed by atoms with Gasteiger partial charge in [0.15, 0.2) is 0 Å². The van der Waals surface area contributed by atoms with Crippen LogP contribution in [0.3, 0.4) is 0 Å². The predicted molar refractivity (Wildman–Crippen MR) is 185 cm³/mol. The fraction of sp³-hybridized carbons (Fsp3) is 0.297. The molecule has 0 spiro atoms. The molecule has 0 heterocycles. The van der Waals surface area contributed by atoms with Gasteiger partial charge in [-0.3, -0.25) is 13.9 Å². The van der Waals surface area contributed by atoms with Gasteiger partial charge in [0.1, 0.15) is 12.6 Å². The third-order valence-corrected chi connectivity index (χ3v) is 9.95. The number of aryl methyl sites for hydroxylation is 2. The van der Waals surface area contributed by atoms with Crippen molar-refractivity contribution in [1.29, 1.82) is 0 Å². The fourth-order valence-corrected chi connectivity index (χ4v) is 6.84. The summed E-state index contributed by atoms with van der Waals surface area (Å²) in [4.78, 5) is 30.3. The van der Waals surface area contributed by atoms with E-state index in [1.165, 1.54) is 17.0 Å². The Hall–Kier alpha value is -4.14. The lowest BCUT2D eigenvalue weighted by atomic mass is 10.00. The summed E-state index contributed by atoms with van der Waals surface area (Å²) in [5, 5.41) is 3.43. The normalized spacial score (nSPS) is 12.3. The van der Waals surface area contributed by atoms with Crippen molar-refractivity contribution in [3.63, 3.8) is 0 Å². The van der Waals surface area contributed by atoms with Gasteiger partial charge in [-0.25, -0.2) is 8.42 Å². The zero-order valence-corrected chi connectivity index (χ0v) is 28.8. The van der Waals surface area contributed by atoms with Gasteiger partial charge in [0, 0.05) is 23.5 Å². The Morgan fingerprint density at radius 1 is 0.826 bits per heavy atom. The van der Waals surface area contributed by atoms with E-state index >= 15 is 0 Å². The van der Waals surface area contributed by atoms with Crippen LogP contribution in [0, 0.1) is 20.8 Å². The highest BCUT2D eigenvalue weighted by molar-refractivity contribution is 7.92. The molecule has 0 radical (unpaired) electrons. The Kier molecular flexibility index (Phi) is 11.0. The van der Waals surface area contributed by atoms with E-state index < -0.39 is 34.1 Å². The molecule has 0 saturated carbocycles. The van der Waals surface area contributed by atoms with Crippen LogP contribution in [0.15, 0.2) is 102 Å². The largest absolute Gasteiger partial charge is 0.350 e. The summed E-state index contributed by atoms with van der Waals surface area (Å²) < 4.78 is 29.7. The van der Waals surface area contributed by atoms with Crippen molar-refractivity contribution in [1.82, 2.24) is 10.2 Å². The van der Waals surface area contributed by atoms with E-state index in [1.54, 1.807) is 37.3 Å². The number of sulfonamides is 1. The standard InChI is InChI=1S/C37H42ClN3O4S/c1-26-19-21-31(22-20-26)46(44,45)41(33-18-12-17-32(38)28(33)3)25-35(42)40(24-30-16-11-10-13-27(30)2)34(36(43)39-37(4,5)6)23-29-14-8-7-9-15-29/h7-22,34H,23-25H2,1-6H3,(H,39,43)/t34-/m1/s1. The molecule has 46 heavy (non-hydrogen) atoms. The van der Waals surface area contributed by atoms with Gasteiger partial charge in [-0.1, -0.05) is 90.0 Å². The first-order valence-electron chi connectivity index (χ1n) is 15.2. The summed E-state index contributed by atoms with van der Waals surface area (Å²) in [5.74, 6) is -0.853. The average molecular weight is 660 g/mol. The van der Waals surface area contributed by atoms with Crippen molar-refractivity contribution >= 4 is 39.1 Å². The number of hydrogen-bond donors (Lipinski definition) is 1. The molecule has 4 rings (SSSR count). The van der Waals surface area contributed by atoms with Crippen molar-refractivity contribution in [2.45, 2.75) is 71.0 Å². The molecule has 7 nitrogen and oxygen atoms in total. The number of hydrogen-bond acceptors (Lipinski definition) is 4. The second-order valence-electron chi connectivity index (χ2n) is 12.6. The molecule has 4 aromatic rings. The van der Waals surface area contributed by atoms with Crippen LogP contribution >= 0.6 is 11.6 Å². The number of amides is 2. The first-order valence-corrected chi connectivity index (χ1v) is 17.0. The van der Waals surface area contributed by atoms with Crippen molar-refractivity contribution in [2.24, 2.45) is 0 Å². The third kappa shape index (κ3) is 8.56. The van der Waals surface area contributed by atoms with Crippen molar-refractivity contribution in [3.8, 4) is 0 Å². The molecule has 0 saturated heterocycles. The van der Waals surface area contributed by atoms with Gasteiger partial charge in [0.25, 0.3) is 10.0 Å². The topological polar surface area (TPSA) is 86.8 Å². The molecule has 2 amide bonds. The van der Waals surface area contributed by atoms with E-state index in [0.29, 0.717) is 10.6 Å². The quantitative estimate of drug-likeness (QED) is 0.188. The molecular weight excluding hydrogens is 618 g/mol. The van der Waals surface area contributed by atoms with Crippen molar-refractivity contribution in [3.05, 3.63) is 130 Å². The molecule has 0 aliphatic heterocycles. The summed E-state index contributed by atoms with van der Waals surface area (Å²) in [6.07, 6.45) is 0.237. The molecular formula is C37H42ClN3O4S. The predicted octanol–water partition coefficient (Wildman–Crippen LogP) is 7.02. The van der Waals surface area contributed by atoms with Gasteiger partial charge < -0.3 is 10.2 Å². The maximum Gasteiger partial charge on any atom is 0.264 e. The maximum absolute atomic E-state index is 14.7. The molecule has 4 aromatic carbocycles. The first kappa shape index (κ1) is 34.7. The Bertz CT molecular complexity index is 1790. The van der Waals surface area contributed by atoms with Gasteiger partial charge in [0.05, 0.1) is 10.6 Å². The van der Waals surface area contributed by atoms with E-state index in [0.717, 1.165) is 26.6 Å². The maximum atomic E-state index is 14.7. The molecule has 0 aromatic heterocycles. The molecule has 0 fully saturated rings. The van der Waals surface area contributed by atoms with Gasteiger partial charge in [0.2, 0.25) is 11.8 Å². The summed E-state index contributed by atoms with van der Waals surface area (Å²) in [6.45, 7) is 10.8. The van der Waals surface area contributed by atoms with E-state index in [-0.39, 0.29) is 29.5 Å². The summed E-state index contributed by atoms with van der Waals surface area (Å²) in [6, 6.07) is 27.7. The second-order valence-corrected chi connectivity index (χ2v) is 14.9. The van der Waals surface area contributed by atoms with E-state index in [2.05, 4.69) is 5.32 Å². The number of halogens is 1. The zero-order valence-electron chi connectivity index (χ0n) is 27.2. The fourth-order valence-electron chi connectivity index (χ4n) is 5.19. The summed E-state index contributed by atoms with van der Waals surface area (Å²) in [5.41, 5.74) is 3.81. The van der Waals surface area contributed by atoms with Crippen LogP contribution in [0.2, 0.25) is 5.02 Å². The number of benzene rings is 4. The zero-order chi connectivity index (χ0) is 33.6. The number of carbonyl (C=O) groups is 2. The van der Waals surface area contributed by atoms with Crippen LogP contribution < -0.4 is 9.62 Å². The lowest BCUT2D eigenvalue weighted by molar-refractivity contribution is -0.140. The number of nitrogens with one attached hydrogen (secondary N) is 1. The molecule has 9 heteroatoms. The van der Waals surface area contributed by atoms with Crippen LogP contribution in [0.1, 0.15) is 48.6 Å². The average Bonchev–Trinajstić information content (AvgIpc) is 3.00.